The van der Waals surface area contributed by atoms with Crippen molar-refractivity contribution in [3.8, 4) is 11.5 Å². The Morgan fingerprint density at radius 2 is 1.50 bits per heavy atom. The Labute approximate surface area is 214 Å². The molecule has 0 amide bonds. The molecule has 0 saturated carbocycles. The van der Waals surface area contributed by atoms with Crippen molar-refractivity contribution in [2.24, 2.45) is 5.16 Å². The molecule has 0 aliphatic rings. The predicted octanol–water partition coefficient (Wildman–Crippen LogP) is 7.83. The Hall–Kier alpha value is -3.61. The minimum atomic E-state index is -5.07. The highest BCUT2D eigenvalue weighted by molar-refractivity contribution is 6.35. The molecule has 0 radical (unpaired) electrons. The van der Waals surface area contributed by atoms with Gasteiger partial charge < -0.3 is 9.57 Å². The molecular weight excluding hydrogens is 554 g/mol. The number of ether oxygens (including phenoxy) is 1. The van der Waals surface area contributed by atoms with E-state index in [4.69, 9.17) is 44.4 Å². The average molecular weight is 565 g/mol. The van der Waals surface area contributed by atoms with E-state index in [0.717, 1.165) is 6.21 Å². The number of hydrogen-bond acceptors (Lipinski definition) is 7. The van der Waals surface area contributed by atoms with Gasteiger partial charge in [0.2, 0.25) is 0 Å². The van der Waals surface area contributed by atoms with E-state index in [1.54, 1.807) is 12.1 Å². The fraction of sp³-hybridized carbons (Fsp3) is 0.0952. The molecule has 0 spiro atoms. The molecule has 3 aromatic carbocycles. The number of nitro benzene ring substituents is 2. The van der Waals surface area contributed by atoms with Gasteiger partial charge in [-0.25, -0.2) is 0 Å². The molecule has 0 fully saturated rings. The minimum Gasteiger partial charge on any atom is -0.443 e. The van der Waals surface area contributed by atoms with Crippen molar-refractivity contribution >= 4 is 52.4 Å². The lowest BCUT2D eigenvalue weighted by Crippen LogP contribution is -2.08. The van der Waals surface area contributed by atoms with E-state index >= 15 is 0 Å². The summed E-state index contributed by atoms with van der Waals surface area (Å²) in [5.41, 5.74) is -3.50. The third kappa shape index (κ3) is 6.53. The molecule has 0 aliphatic heterocycles. The molecule has 0 saturated heterocycles. The number of rotatable bonds is 8. The summed E-state index contributed by atoms with van der Waals surface area (Å²) in [6, 6.07) is 8.77. The Kier molecular flexibility index (Phi) is 8.23. The van der Waals surface area contributed by atoms with Crippen LogP contribution in [-0.2, 0) is 17.6 Å². The third-order valence-electron chi connectivity index (χ3n) is 4.46. The molecule has 15 heteroatoms. The van der Waals surface area contributed by atoms with Crippen LogP contribution < -0.4 is 4.74 Å². The van der Waals surface area contributed by atoms with Crippen molar-refractivity contribution in [1.82, 2.24) is 0 Å². The molecule has 0 unspecified atom stereocenters. The van der Waals surface area contributed by atoms with Gasteiger partial charge in [-0.05, 0) is 30.3 Å². The lowest BCUT2D eigenvalue weighted by Gasteiger charge is -2.12. The van der Waals surface area contributed by atoms with E-state index in [2.05, 4.69) is 5.16 Å². The number of hydrogen-bond donors (Lipinski definition) is 0. The van der Waals surface area contributed by atoms with Gasteiger partial charge in [0.05, 0.1) is 21.6 Å². The van der Waals surface area contributed by atoms with E-state index in [-0.39, 0.29) is 35.1 Å². The number of oxime groups is 1. The molecule has 3 aromatic rings. The second kappa shape index (κ2) is 11.0. The molecule has 0 heterocycles. The van der Waals surface area contributed by atoms with Gasteiger partial charge in [0.15, 0.2) is 0 Å². The molecule has 0 aromatic heterocycles. The quantitative estimate of drug-likeness (QED) is 0.156. The first-order valence-corrected chi connectivity index (χ1v) is 10.6. The van der Waals surface area contributed by atoms with Gasteiger partial charge in [0.25, 0.3) is 5.75 Å². The normalized spacial score (nSPS) is 11.5. The Morgan fingerprint density at radius 3 is 2.06 bits per heavy atom. The van der Waals surface area contributed by atoms with Crippen LogP contribution in [0.3, 0.4) is 0 Å². The molecule has 0 bridgehead atoms. The van der Waals surface area contributed by atoms with E-state index in [1.165, 1.54) is 24.3 Å². The van der Waals surface area contributed by atoms with Crippen LogP contribution in [0.5, 0.6) is 11.5 Å². The summed E-state index contributed by atoms with van der Waals surface area (Å²) >= 11 is 17.8. The van der Waals surface area contributed by atoms with Crippen molar-refractivity contribution in [1.29, 1.82) is 0 Å². The first-order valence-electron chi connectivity index (χ1n) is 9.47. The van der Waals surface area contributed by atoms with E-state index in [0.29, 0.717) is 15.6 Å². The maximum Gasteiger partial charge on any atom is 0.416 e. The highest BCUT2D eigenvalue weighted by atomic mass is 35.5. The first kappa shape index (κ1) is 27.0. The molecule has 9 nitrogen and oxygen atoms in total. The number of alkyl halides is 3. The lowest BCUT2D eigenvalue weighted by molar-refractivity contribution is -0.396. The topological polar surface area (TPSA) is 117 Å². The van der Waals surface area contributed by atoms with Gasteiger partial charge in [0, 0.05) is 38.3 Å². The average Bonchev–Trinajstić information content (AvgIpc) is 2.78. The summed E-state index contributed by atoms with van der Waals surface area (Å²) in [6.07, 6.45) is -3.98. The lowest BCUT2D eigenvalue weighted by atomic mass is 10.1. The van der Waals surface area contributed by atoms with Crippen LogP contribution >= 0.6 is 34.8 Å². The second-order valence-corrected chi connectivity index (χ2v) is 8.16. The van der Waals surface area contributed by atoms with Gasteiger partial charge in [0.1, 0.15) is 12.4 Å². The second-order valence-electron chi connectivity index (χ2n) is 6.88. The van der Waals surface area contributed by atoms with Gasteiger partial charge in [-0.2, -0.15) is 13.2 Å². The Balaban J connectivity index is 1.96. The summed E-state index contributed by atoms with van der Waals surface area (Å²) in [7, 11) is 0. The summed E-state index contributed by atoms with van der Waals surface area (Å²) in [6.45, 7) is -0.0703. The van der Waals surface area contributed by atoms with Crippen LogP contribution in [0, 0.1) is 20.2 Å². The zero-order valence-corrected chi connectivity index (χ0v) is 19.7. The van der Waals surface area contributed by atoms with Crippen LogP contribution in [0.25, 0.3) is 0 Å². The molecule has 188 valence electrons. The molecule has 0 N–H and O–H groups in total. The van der Waals surface area contributed by atoms with Crippen molar-refractivity contribution in [2.75, 3.05) is 0 Å². The predicted molar refractivity (Wildman–Crippen MR) is 125 cm³/mol. The highest BCUT2D eigenvalue weighted by Gasteiger charge is 2.38. The van der Waals surface area contributed by atoms with Crippen LogP contribution in [0.2, 0.25) is 15.1 Å². The first-order chi connectivity index (χ1) is 16.9. The maximum atomic E-state index is 13.1. The SMILES string of the molecule is O=[N+]([O-])c1cc(C(F)(F)F)cc([N+](=O)[O-])c1Oc1ccc(Cl)cc1/C=N\OCc1ccc(Cl)cc1Cl. The molecule has 3 rings (SSSR count). The van der Waals surface area contributed by atoms with Crippen LogP contribution in [0.15, 0.2) is 53.7 Å². The molecule has 36 heavy (non-hydrogen) atoms. The standard InChI is InChI=1S/C21H11Cl3F3N3O6/c22-14-3-4-19(12(5-14)9-28-35-10-11-1-2-15(23)8-16(11)24)36-20-17(29(31)32)6-13(21(25,26)27)7-18(20)30(33)34/h1-9H,10H2/b28-9-. The highest BCUT2D eigenvalue weighted by Crippen LogP contribution is 2.45. The maximum absolute atomic E-state index is 13.1. The van der Waals surface area contributed by atoms with Crippen molar-refractivity contribution in [3.05, 3.63) is 101 Å². The molecule has 0 aliphatic carbocycles. The van der Waals surface area contributed by atoms with E-state index < -0.39 is 38.7 Å². The number of halogens is 6. The zero-order chi connectivity index (χ0) is 26.6. The van der Waals surface area contributed by atoms with Crippen LogP contribution in [0.1, 0.15) is 16.7 Å². The Bertz CT molecular complexity index is 1330. The largest absolute Gasteiger partial charge is 0.443 e. The number of nitrogens with zero attached hydrogens (tertiary/aromatic N) is 3. The zero-order valence-electron chi connectivity index (χ0n) is 17.5. The summed E-state index contributed by atoms with van der Waals surface area (Å²) in [5, 5.41) is 27.5. The van der Waals surface area contributed by atoms with Gasteiger partial charge in [-0.3, -0.25) is 20.2 Å². The van der Waals surface area contributed by atoms with Crippen molar-refractivity contribution < 1.29 is 32.6 Å². The Morgan fingerprint density at radius 1 is 0.917 bits per heavy atom. The van der Waals surface area contributed by atoms with Crippen molar-refractivity contribution in [2.45, 2.75) is 12.8 Å². The third-order valence-corrected chi connectivity index (χ3v) is 5.28. The van der Waals surface area contributed by atoms with E-state index in [1.807, 2.05) is 0 Å². The smallest absolute Gasteiger partial charge is 0.416 e. The summed E-state index contributed by atoms with van der Waals surface area (Å²) in [4.78, 5) is 25.6. The van der Waals surface area contributed by atoms with Crippen LogP contribution in [-0.4, -0.2) is 16.1 Å². The van der Waals surface area contributed by atoms with Gasteiger partial charge >= 0.3 is 17.6 Å². The fourth-order valence-corrected chi connectivity index (χ4v) is 3.44. The monoisotopic (exact) mass is 563 g/mol. The number of benzene rings is 3. The fourth-order valence-electron chi connectivity index (χ4n) is 2.80. The van der Waals surface area contributed by atoms with Gasteiger partial charge in [-0.1, -0.05) is 46.0 Å². The summed E-state index contributed by atoms with van der Waals surface area (Å²) in [5.74, 6) is -1.24. The van der Waals surface area contributed by atoms with Gasteiger partial charge in [-0.15, -0.1) is 0 Å². The molecule has 0 atom stereocenters. The number of nitro groups is 2. The van der Waals surface area contributed by atoms with E-state index in [9.17, 15) is 33.4 Å². The minimum absolute atomic E-state index is 0.0493. The summed E-state index contributed by atoms with van der Waals surface area (Å²) < 4.78 is 44.8. The van der Waals surface area contributed by atoms with Crippen molar-refractivity contribution in [3.63, 3.8) is 0 Å². The molecular formula is C21H11Cl3F3N3O6. The van der Waals surface area contributed by atoms with Crippen LogP contribution in [0.4, 0.5) is 24.5 Å².